The number of nitrogens with one attached hydrogen (secondary N) is 1. The van der Waals surface area contributed by atoms with E-state index in [0.717, 1.165) is 5.69 Å². The number of hydrogen-bond acceptors (Lipinski definition) is 5. The molecule has 108 valence electrons. The summed E-state index contributed by atoms with van der Waals surface area (Å²) in [6, 6.07) is 9.66. The minimum absolute atomic E-state index is 0.0765. The molecule has 1 heterocycles. The molecule has 1 amide bonds. The molecule has 0 fully saturated rings. The van der Waals surface area contributed by atoms with Crippen LogP contribution in [0.4, 0.5) is 11.5 Å². The van der Waals surface area contributed by atoms with E-state index in [1.165, 1.54) is 17.8 Å². The number of hydrogen-bond donors (Lipinski definition) is 1. The van der Waals surface area contributed by atoms with Gasteiger partial charge in [0, 0.05) is 17.3 Å². The van der Waals surface area contributed by atoms with Crippen molar-refractivity contribution in [2.45, 2.75) is 11.8 Å². The van der Waals surface area contributed by atoms with Crippen molar-refractivity contribution in [1.82, 2.24) is 4.98 Å². The minimum Gasteiger partial charge on any atom is -0.307 e. The first-order chi connectivity index (χ1) is 10.0. The maximum atomic E-state index is 12.1. The van der Waals surface area contributed by atoms with Crippen LogP contribution in [-0.4, -0.2) is 22.1 Å². The lowest BCUT2D eigenvalue weighted by molar-refractivity contribution is -0.387. The zero-order valence-electron chi connectivity index (χ0n) is 11.5. The zero-order chi connectivity index (χ0) is 15.4. The molecule has 6 nitrogen and oxygen atoms in total. The van der Waals surface area contributed by atoms with Crippen molar-refractivity contribution < 1.29 is 9.72 Å². The maximum absolute atomic E-state index is 12.1. The van der Waals surface area contributed by atoms with Gasteiger partial charge in [-0.3, -0.25) is 14.9 Å². The van der Waals surface area contributed by atoms with Crippen LogP contribution in [0.5, 0.6) is 0 Å². The molecule has 2 rings (SSSR count). The molecule has 0 aliphatic rings. The highest BCUT2D eigenvalue weighted by atomic mass is 32.2. The maximum Gasteiger partial charge on any atom is 0.283 e. The summed E-state index contributed by atoms with van der Waals surface area (Å²) in [7, 11) is 0. The van der Waals surface area contributed by atoms with Crippen molar-refractivity contribution in [2.24, 2.45) is 0 Å². The van der Waals surface area contributed by atoms with Gasteiger partial charge in [0.25, 0.3) is 11.6 Å². The highest BCUT2D eigenvalue weighted by Gasteiger charge is 2.17. The fourth-order valence-corrected chi connectivity index (χ4v) is 2.32. The van der Waals surface area contributed by atoms with E-state index in [1.807, 2.05) is 13.0 Å². The van der Waals surface area contributed by atoms with Crippen molar-refractivity contribution >= 4 is 29.2 Å². The first-order valence-corrected chi connectivity index (χ1v) is 7.31. The van der Waals surface area contributed by atoms with Gasteiger partial charge in [-0.1, -0.05) is 6.07 Å². The van der Waals surface area contributed by atoms with E-state index < -0.39 is 10.8 Å². The second-order valence-corrected chi connectivity index (χ2v) is 5.11. The predicted molar refractivity (Wildman–Crippen MR) is 81.8 cm³/mol. The van der Waals surface area contributed by atoms with Crippen LogP contribution in [0, 0.1) is 17.0 Å². The number of nitro benzene ring substituents is 1. The van der Waals surface area contributed by atoms with Crippen LogP contribution in [-0.2, 0) is 0 Å². The molecule has 0 aliphatic heterocycles. The summed E-state index contributed by atoms with van der Waals surface area (Å²) in [4.78, 5) is 27.3. The highest BCUT2D eigenvalue weighted by molar-refractivity contribution is 7.98. The van der Waals surface area contributed by atoms with Gasteiger partial charge in [-0.15, -0.1) is 11.8 Å². The molecule has 0 spiro atoms. The Balaban J connectivity index is 2.27. The molecule has 1 aromatic carbocycles. The van der Waals surface area contributed by atoms with E-state index in [-0.39, 0.29) is 11.3 Å². The monoisotopic (exact) mass is 303 g/mol. The van der Waals surface area contributed by atoms with Crippen LogP contribution in [0.15, 0.2) is 41.3 Å². The van der Waals surface area contributed by atoms with Crippen molar-refractivity contribution in [3.05, 3.63) is 57.8 Å². The lowest BCUT2D eigenvalue weighted by Gasteiger charge is -2.06. The molecular weight excluding hydrogens is 290 g/mol. The van der Waals surface area contributed by atoms with E-state index in [4.69, 9.17) is 0 Å². The van der Waals surface area contributed by atoms with E-state index >= 15 is 0 Å². The average molecular weight is 303 g/mol. The quantitative estimate of drug-likeness (QED) is 0.532. The number of nitrogens with zero attached hydrogens (tertiary/aromatic N) is 2. The van der Waals surface area contributed by atoms with Gasteiger partial charge in [0.05, 0.1) is 9.82 Å². The minimum atomic E-state index is -0.493. The van der Waals surface area contributed by atoms with E-state index in [2.05, 4.69) is 10.3 Å². The third-order valence-electron chi connectivity index (χ3n) is 2.77. The summed E-state index contributed by atoms with van der Waals surface area (Å²) >= 11 is 1.26. The number of amides is 1. The van der Waals surface area contributed by atoms with Crippen molar-refractivity contribution in [3.63, 3.8) is 0 Å². The molecule has 2 aromatic rings. The number of benzene rings is 1. The standard InChI is InChI=1S/C14H13N3O3S/c1-9-4-3-5-13(15-9)16-14(18)10-6-7-12(21-2)11(8-10)17(19)20/h3-8H,1-2H3,(H,15,16,18). The summed E-state index contributed by atoms with van der Waals surface area (Å²) in [6.07, 6.45) is 1.75. The molecule has 0 saturated heterocycles. The van der Waals surface area contributed by atoms with Gasteiger partial charge >= 0.3 is 0 Å². The Morgan fingerprint density at radius 1 is 1.33 bits per heavy atom. The molecule has 0 radical (unpaired) electrons. The molecule has 1 aromatic heterocycles. The number of aromatic nitrogens is 1. The Morgan fingerprint density at radius 3 is 2.71 bits per heavy atom. The smallest absolute Gasteiger partial charge is 0.283 e. The summed E-state index contributed by atoms with van der Waals surface area (Å²) < 4.78 is 0. The largest absolute Gasteiger partial charge is 0.307 e. The Hall–Kier alpha value is -2.41. The van der Waals surface area contributed by atoms with Crippen molar-refractivity contribution in [3.8, 4) is 0 Å². The number of rotatable bonds is 4. The Morgan fingerprint density at radius 2 is 2.10 bits per heavy atom. The summed E-state index contributed by atoms with van der Waals surface area (Å²) in [5.74, 6) is -0.0135. The molecule has 21 heavy (non-hydrogen) atoms. The van der Waals surface area contributed by atoms with Crippen LogP contribution >= 0.6 is 11.8 Å². The normalized spacial score (nSPS) is 10.2. The second-order valence-electron chi connectivity index (χ2n) is 4.26. The Labute approximate surface area is 125 Å². The Kier molecular flexibility index (Phi) is 4.54. The molecule has 1 N–H and O–H groups in total. The second kappa shape index (κ2) is 6.36. The number of carbonyl (C=O) groups is 1. The predicted octanol–water partition coefficient (Wildman–Crippen LogP) is 3.27. The first-order valence-electron chi connectivity index (χ1n) is 6.08. The van der Waals surface area contributed by atoms with Crippen LogP contribution in [0.3, 0.4) is 0 Å². The number of thioether (sulfide) groups is 1. The average Bonchev–Trinajstić information content (AvgIpc) is 2.46. The highest BCUT2D eigenvalue weighted by Crippen LogP contribution is 2.28. The number of anilines is 1. The Bertz CT molecular complexity index is 704. The number of aryl methyl sites for hydroxylation is 1. The lowest BCUT2D eigenvalue weighted by Crippen LogP contribution is -2.13. The van der Waals surface area contributed by atoms with E-state index in [0.29, 0.717) is 10.7 Å². The topological polar surface area (TPSA) is 85.1 Å². The molecule has 0 aliphatic carbocycles. The van der Waals surface area contributed by atoms with Crippen LogP contribution in [0.25, 0.3) is 0 Å². The van der Waals surface area contributed by atoms with Crippen molar-refractivity contribution in [2.75, 3.05) is 11.6 Å². The number of pyridine rings is 1. The van der Waals surface area contributed by atoms with Gasteiger partial charge in [-0.25, -0.2) is 4.98 Å². The summed E-state index contributed by atoms with van der Waals surface area (Å²) in [5.41, 5.74) is 0.923. The summed E-state index contributed by atoms with van der Waals surface area (Å²) in [5, 5.41) is 13.6. The van der Waals surface area contributed by atoms with Gasteiger partial charge < -0.3 is 5.32 Å². The SMILES string of the molecule is CSc1ccc(C(=O)Nc2cccc(C)n2)cc1[N+](=O)[O-]. The van der Waals surface area contributed by atoms with Crippen LogP contribution < -0.4 is 5.32 Å². The van der Waals surface area contributed by atoms with Crippen LogP contribution in [0.1, 0.15) is 16.1 Å². The van der Waals surface area contributed by atoms with Gasteiger partial charge in [0.1, 0.15) is 5.82 Å². The molecule has 0 atom stereocenters. The van der Waals surface area contributed by atoms with Gasteiger partial charge in [0.2, 0.25) is 0 Å². The third-order valence-corrected chi connectivity index (χ3v) is 3.55. The third kappa shape index (κ3) is 3.57. The fraction of sp³-hybridized carbons (Fsp3) is 0.143. The number of nitro groups is 1. The molecule has 7 heteroatoms. The number of carbonyl (C=O) groups excluding carboxylic acids is 1. The van der Waals surface area contributed by atoms with Gasteiger partial charge in [-0.2, -0.15) is 0 Å². The lowest BCUT2D eigenvalue weighted by atomic mass is 10.2. The van der Waals surface area contributed by atoms with Crippen LogP contribution in [0.2, 0.25) is 0 Å². The molecular formula is C14H13N3O3S. The fourth-order valence-electron chi connectivity index (χ4n) is 1.78. The molecule has 0 unspecified atom stereocenters. The van der Waals surface area contributed by atoms with Crippen molar-refractivity contribution in [1.29, 1.82) is 0 Å². The first kappa shape index (κ1) is 15.0. The zero-order valence-corrected chi connectivity index (χ0v) is 12.3. The van der Waals surface area contributed by atoms with Gasteiger partial charge in [-0.05, 0) is 37.4 Å². The molecule has 0 bridgehead atoms. The molecule has 0 saturated carbocycles. The van der Waals surface area contributed by atoms with E-state index in [9.17, 15) is 14.9 Å². The van der Waals surface area contributed by atoms with Gasteiger partial charge in [0.15, 0.2) is 0 Å². The van der Waals surface area contributed by atoms with E-state index in [1.54, 1.807) is 30.5 Å². The summed E-state index contributed by atoms with van der Waals surface area (Å²) in [6.45, 7) is 1.81.